The number of nitrogens with zero attached hydrogens (tertiary/aromatic N) is 4. The highest BCUT2D eigenvalue weighted by molar-refractivity contribution is 5.95. The van der Waals surface area contributed by atoms with E-state index in [1.54, 1.807) is 16.8 Å². The van der Waals surface area contributed by atoms with Gasteiger partial charge < -0.3 is 14.5 Å². The van der Waals surface area contributed by atoms with Crippen LogP contribution in [0.5, 0.6) is 0 Å². The molecule has 0 unspecified atom stereocenters. The molecule has 0 aliphatic carbocycles. The fourth-order valence-electron chi connectivity index (χ4n) is 3.52. The number of hydrogen-bond acceptors (Lipinski definition) is 4. The molecule has 0 aromatic carbocycles. The van der Waals surface area contributed by atoms with E-state index in [2.05, 4.69) is 12.0 Å². The Kier molecular flexibility index (Phi) is 4.04. The number of aromatic nitrogens is 2. The Morgan fingerprint density at radius 3 is 2.87 bits per heavy atom. The number of amides is 2. The van der Waals surface area contributed by atoms with Crippen molar-refractivity contribution in [3.8, 4) is 0 Å². The lowest BCUT2D eigenvalue weighted by Crippen LogP contribution is -2.52. The number of likely N-dealkylation sites (N-methyl/N-ethyl adjacent to an activating group) is 1. The maximum Gasteiger partial charge on any atom is 0.410 e. The molecule has 7 heteroatoms. The first-order chi connectivity index (χ1) is 10.9. The second kappa shape index (κ2) is 5.86. The van der Waals surface area contributed by atoms with Crippen molar-refractivity contribution in [2.45, 2.75) is 45.3 Å². The molecule has 2 aliphatic rings. The van der Waals surface area contributed by atoms with Crippen molar-refractivity contribution < 1.29 is 14.3 Å². The van der Waals surface area contributed by atoms with Gasteiger partial charge in [0.15, 0.2) is 0 Å². The Balaban J connectivity index is 1.76. The van der Waals surface area contributed by atoms with E-state index in [0.29, 0.717) is 25.2 Å². The number of piperidine rings is 1. The van der Waals surface area contributed by atoms with Gasteiger partial charge in [-0.15, -0.1) is 0 Å². The molecule has 126 valence electrons. The maximum atomic E-state index is 12.9. The number of rotatable bonds is 3. The van der Waals surface area contributed by atoms with Gasteiger partial charge in [-0.2, -0.15) is 5.10 Å². The second-order valence-corrected chi connectivity index (χ2v) is 6.63. The van der Waals surface area contributed by atoms with Crippen LogP contribution >= 0.6 is 0 Å². The van der Waals surface area contributed by atoms with Crippen LogP contribution in [-0.4, -0.2) is 63.9 Å². The van der Waals surface area contributed by atoms with Crippen LogP contribution in [0, 0.1) is 6.92 Å². The van der Waals surface area contributed by atoms with Crippen LogP contribution in [0.1, 0.15) is 42.2 Å². The van der Waals surface area contributed by atoms with Crippen molar-refractivity contribution in [2.75, 3.05) is 26.7 Å². The molecule has 3 rings (SSSR count). The lowest BCUT2D eigenvalue weighted by atomic mass is 9.92. The molecule has 0 bridgehead atoms. The van der Waals surface area contributed by atoms with Gasteiger partial charge in [-0.25, -0.2) is 4.79 Å². The minimum Gasteiger partial charge on any atom is -0.439 e. The number of aryl methyl sites for hydroxylation is 2. The zero-order valence-corrected chi connectivity index (χ0v) is 14.0. The fraction of sp³-hybridized carbons (Fsp3) is 0.688. The molecule has 1 aromatic heterocycles. The van der Waals surface area contributed by atoms with Crippen molar-refractivity contribution in [1.82, 2.24) is 19.6 Å². The predicted molar refractivity (Wildman–Crippen MR) is 84.2 cm³/mol. The van der Waals surface area contributed by atoms with Crippen LogP contribution in [0.15, 0.2) is 6.20 Å². The zero-order chi connectivity index (χ0) is 16.6. The van der Waals surface area contributed by atoms with Gasteiger partial charge in [-0.05, 0) is 26.2 Å². The molecule has 1 aromatic rings. The topological polar surface area (TPSA) is 67.7 Å². The van der Waals surface area contributed by atoms with Crippen LogP contribution in [0.3, 0.4) is 0 Å². The summed E-state index contributed by atoms with van der Waals surface area (Å²) in [6.07, 6.45) is 4.15. The fourth-order valence-corrected chi connectivity index (χ4v) is 3.52. The number of carbonyl (C=O) groups is 2. The van der Waals surface area contributed by atoms with E-state index in [-0.39, 0.29) is 12.0 Å². The van der Waals surface area contributed by atoms with Crippen molar-refractivity contribution in [2.24, 2.45) is 0 Å². The van der Waals surface area contributed by atoms with E-state index in [1.807, 2.05) is 17.8 Å². The van der Waals surface area contributed by atoms with E-state index in [9.17, 15) is 9.59 Å². The summed E-state index contributed by atoms with van der Waals surface area (Å²) in [4.78, 5) is 28.0. The first-order valence-corrected chi connectivity index (χ1v) is 8.21. The third-order valence-electron chi connectivity index (χ3n) is 4.60. The van der Waals surface area contributed by atoms with Crippen LogP contribution in [0.25, 0.3) is 0 Å². The van der Waals surface area contributed by atoms with Crippen molar-refractivity contribution in [3.63, 3.8) is 0 Å². The van der Waals surface area contributed by atoms with Crippen LogP contribution in [0.2, 0.25) is 0 Å². The molecule has 1 spiro atoms. The third-order valence-corrected chi connectivity index (χ3v) is 4.60. The number of likely N-dealkylation sites (tertiary alicyclic amines) is 1. The molecular formula is C16H24N4O3. The molecule has 2 saturated heterocycles. The summed E-state index contributed by atoms with van der Waals surface area (Å²) in [7, 11) is 1.73. The SMILES string of the molecule is CCCn1cc(C(=O)N2CCC[C@]3(CN(C)C(=O)O3)C2)c(C)n1. The maximum absolute atomic E-state index is 12.9. The highest BCUT2D eigenvalue weighted by Crippen LogP contribution is 2.32. The lowest BCUT2D eigenvalue weighted by molar-refractivity contribution is -0.00524. The summed E-state index contributed by atoms with van der Waals surface area (Å²) < 4.78 is 7.39. The van der Waals surface area contributed by atoms with Gasteiger partial charge >= 0.3 is 6.09 Å². The van der Waals surface area contributed by atoms with Crippen LogP contribution in [0.4, 0.5) is 4.79 Å². The minimum absolute atomic E-state index is 0.0190. The molecule has 7 nitrogen and oxygen atoms in total. The van der Waals surface area contributed by atoms with Crippen LogP contribution in [-0.2, 0) is 11.3 Å². The van der Waals surface area contributed by atoms with Gasteiger partial charge in [0, 0.05) is 26.3 Å². The zero-order valence-electron chi connectivity index (χ0n) is 14.0. The Hall–Kier alpha value is -2.05. The second-order valence-electron chi connectivity index (χ2n) is 6.63. The molecule has 1 atom stereocenters. The van der Waals surface area contributed by atoms with Gasteiger partial charge in [0.2, 0.25) is 0 Å². The molecule has 3 heterocycles. The Morgan fingerprint density at radius 1 is 1.43 bits per heavy atom. The molecule has 0 radical (unpaired) electrons. The number of ether oxygens (including phenoxy) is 1. The lowest BCUT2D eigenvalue weighted by Gasteiger charge is -2.38. The minimum atomic E-state index is -0.549. The normalized spacial score (nSPS) is 24.4. The van der Waals surface area contributed by atoms with E-state index < -0.39 is 5.60 Å². The molecule has 23 heavy (non-hydrogen) atoms. The van der Waals surface area contributed by atoms with Crippen LogP contribution < -0.4 is 0 Å². The quantitative estimate of drug-likeness (QED) is 0.849. The molecule has 0 saturated carbocycles. The Morgan fingerprint density at radius 2 is 2.22 bits per heavy atom. The summed E-state index contributed by atoms with van der Waals surface area (Å²) in [5.41, 5.74) is 0.851. The predicted octanol–water partition coefficient (Wildman–Crippen LogP) is 1.66. The molecule has 0 N–H and O–H groups in total. The van der Waals surface area contributed by atoms with Crippen molar-refractivity contribution >= 4 is 12.0 Å². The van der Waals surface area contributed by atoms with E-state index in [0.717, 1.165) is 31.5 Å². The Labute approximate surface area is 136 Å². The first kappa shape index (κ1) is 15.8. The summed E-state index contributed by atoms with van der Waals surface area (Å²) in [6, 6.07) is 0. The Bertz CT molecular complexity index is 627. The van der Waals surface area contributed by atoms with E-state index in [1.165, 1.54) is 0 Å². The standard InChI is InChI=1S/C16H24N4O3/c1-4-7-20-9-13(12(2)17-20)14(21)19-8-5-6-16(11-19)10-18(3)15(22)23-16/h9H,4-8,10-11H2,1-3H3/t16-/m0/s1. The first-order valence-electron chi connectivity index (χ1n) is 8.21. The summed E-state index contributed by atoms with van der Waals surface area (Å²) in [5.74, 6) is -0.0190. The summed E-state index contributed by atoms with van der Waals surface area (Å²) >= 11 is 0. The summed E-state index contributed by atoms with van der Waals surface area (Å²) in [5, 5.41) is 4.40. The summed E-state index contributed by atoms with van der Waals surface area (Å²) in [6.45, 7) is 6.45. The molecule has 2 aliphatic heterocycles. The molecular weight excluding hydrogens is 296 g/mol. The molecule has 2 amide bonds. The third kappa shape index (κ3) is 2.92. The highest BCUT2D eigenvalue weighted by Gasteiger charge is 2.47. The average molecular weight is 320 g/mol. The average Bonchev–Trinajstić information content (AvgIpc) is 2.99. The largest absolute Gasteiger partial charge is 0.439 e. The molecule has 2 fully saturated rings. The van der Waals surface area contributed by atoms with Crippen molar-refractivity contribution in [1.29, 1.82) is 0 Å². The van der Waals surface area contributed by atoms with E-state index in [4.69, 9.17) is 4.74 Å². The van der Waals surface area contributed by atoms with Gasteiger partial charge in [-0.3, -0.25) is 9.48 Å². The van der Waals surface area contributed by atoms with Gasteiger partial charge in [0.25, 0.3) is 5.91 Å². The van der Waals surface area contributed by atoms with E-state index >= 15 is 0 Å². The van der Waals surface area contributed by atoms with Gasteiger partial charge in [0.1, 0.15) is 5.60 Å². The highest BCUT2D eigenvalue weighted by atomic mass is 16.6. The smallest absolute Gasteiger partial charge is 0.410 e. The van der Waals surface area contributed by atoms with Gasteiger partial charge in [0.05, 0.1) is 24.3 Å². The number of hydrogen-bond donors (Lipinski definition) is 0. The van der Waals surface area contributed by atoms with Gasteiger partial charge in [-0.1, -0.05) is 6.92 Å². The van der Waals surface area contributed by atoms with Crippen molar-refractivity contribution in [3.05, 3.63) is 17.5 Å². The monoisotopic (exact) mass is 320 g/mol. The number of carbonyl (C=O) groups excluding carboxylic acids is 2.